The minimum atomic E-state index is -0.853. The van der Waals surface area contributed by atoms with Crippen molar-refractivity contribution in [2.24, 2.45) is 0 Å². The molecule has 0 spiro atoms. The smallest absolute Gasteiger partial charge is 0.411 e. The summed E-state index contributed by atoms with van der Waals surface area (Å²) >= 11 is 1.11. The number of ether oxygens (including phenoxy) is 3. The number of nitrogens with one attached hydrogen (secondary N) is 1. The molecule has 1 aromatic heterocycles. The monoisotopic (exact) mass is 411 g/mol. The molecule has 3 rings (SSSR count). The molecule has 2 aromatic rings. The minimum Gasteiger partial charge on any atom is -0.494 e. The Morgan fingerprint density at radius 1 is 1.39 bits per heavy atom. The number of carbonyl (C=O) groups excluding carboxylic acids is 2. The van der Waals surface area contributed by atoms with Gasteiger partial charge in [-0.25, -0.2) is 14.2 Å². The average molecular weight is 411 g/mol. The van der Waals surface area contributed by atoms with Crippen LogP contribution in [0.5, 0.6) is 5.75 Å². The summed E-state index contributed by atoms with van der Waals surface area (Å²) in [6.07, 6.45) is -0.580. The van der Waals surface area contributed by atoms with E-state index in [9.17, 15) is 14.0 Å². The average Bonchev–Trinajstić information content (AvgIpc) is 3.01. The van der Waals surface area contributed by atoms with Crippen LogP contribution < -0.4 is 10.1 Å². The summed E-state index contributed by atoms with van der Waals surface area (Å²) in [6, 6.07) is 1.70. The standard InChI is InChI=1S/C18H22FN3O5S/c1-18(2,3)27-17(24)22-5-6-26-9-11(22)15(23)21-16-20-14-12(25-4)7-10(19)8-13(14)28-16/h7-8,11H,5-6,9H2,1-4H3,(H,20,21,23)/t11-/m0/s1. The Morgan fingerprint density at radius 3 is 2.82 bits per heavy atom. The Morgan fingerprint density at radius 2 is 2.14 bits per heavy atom. The lowest BCUT2D eigenvalue weighted by Crippen LogP contribution is -2.55. The van der Waals surface area contributed by atoms with E-state index in [0.29, 0.717) is 16.8 Å². The maximum absolute atomic E-state index is 13.7. The van der Waals surface area contributed by atoms with Crippen LogP contribution >= 0.6 is 11.3 Å². The normalized spacial score (nSPS) is 17.5. The van der Waals surface area contributed by atoms with Gasteiger partial charge in [-0.15, -0.1) is 0 Å². The quantitative estimate of drug-likeness (QED) is 0.835. The van der Waals surface area contributed by atoms with Gasteiger partial charge in [0.2, 0.25) is 0 Å². The molecule has 1 aromatic carbocycles. The van der Waals surface area contributed by atoms with Crippen molar-refractivity contribution in [3.63, 3.8) is 0 Å². The molecule has 1 saturated heterocycles. The maximum atomic E-state index is 13.7. The molecule has 0 bridgehead atoms. The van der Waals surface area contributed by atoms with E-state index in [1.807, 2.05) is 0 Å². The second kappa shape index (κ2) is 7.88. The summed E-state index contributed by atoms with van der Waals surface area (Å²) in [4.78, 5) is 30.9. The molecule has 1 fully saturated rings. The molecule has 2 heterocycles. The molecule has 0 radical (unpaired) electrons. The van der Waals surface area contributed by atoms with E-state index in [0.717, 1.165) is 11.3 Å². The third-order valence-electron chi connectivity index (χ3n) is 3.93. The Bertz CT molecular complexity index is 895. The van der Waals surface area contributed by atoms with Crippen LogP contribution in [0.25, 0.3) is 10.2 Å². The van der Waals surface area contributed by atoms with Crippen LogP contribution in [0, 0.1) is 5.82 Å². The summed E-state index contributed by atoms with van der Waals surface area (Å²) in [6.45, 7) is 5.89. The van der Waals surface area contributed by atoms with Gasteiger partial charge in [0, 0.05) is 12.6 Å². The lowest BCUT2D eigenvalue weighted by molar-refractivity contribution is -0.127. The summed E-state index contributed by atoms with van der Waals surface area (Å²) < 4.78 is 30.1. The van der Waals surface area contributed by atoms with Crippen molar-refractivity contribution in [3.8, 4) is 5.75 Å². The van der Waals surface area contributed by atoms with Gasteiger partial charge in [0.1, 0.15) is 28.7 Å². The highest BCUT2D eigenvalue weighted by Gasteiger charge is 2.36. The van der Waals surface area contributed by atoms with Gasteiger partial charge in [-0.2, -0.15) is 0 Å². The number of morpholine rings is 1. The molecule has 0 aliphatic carbocycles. The largest absolute Gasteiger partial charge is 0.494 e. The highest BCUT2D eigenvalue weighted by Crippen LogP contribution is 2.33. The van der Waals surface area contributed by atoms with Crippen molar-refractivity contribution in [1.29, 1.82) is 0 Å². The third kappa shape index (κ3) is 4.50. The van der Waals surface area contributed by atoms with Crippen LogP contribution in [0.2, 0.25) is 0 Å². The number of rotatable bonds is 3. The summed E-state index contributed by atoms with van der Waals surface area (Å²) in [7, 11) is 1.42. The second-order valence-corrected chi connectivity index (χ2v) is 8.26. The number of benzene rings is 1. The summed E-state index contributed by atoms with van der Waals surface area (Å²) in [5.74, 6) is -0.630. The Balaban J connectivity index is 1.79. The number of fused-ring (bicyclic) bond motifs is 1. The van der Waals surface area contributed by atoms with Crippen molar-refractivity contribution in [3.05, 3.63) is 17.9 Å². The number of hydrogen-bond donors (Lipinski definition) is 1. The third-order valence-corrected chi connectivity index (χ3v) is 4.85. The van der Waals surface area contributed by atoms with E-state index in [1.165, 1.54) is 24.1 Å². The molecule has 1 N–H and O–H groups in total. The summed E-state index contributed by atoms with van der Waals surface area (Å²) in [5, 5.41) is 2.96. The van der Waals surface area contributed by atoms with E-state index in [2.05, 4.69) is 10.3 Å². The van der Waals surface area contributed by atoms with Crippen molar-refractivity contribution >= 4 is 38.7 Å². The van der Waals surface area contributed by atoms with Gasteiger partial charge in [-0.3, -0.25) is 9.69 Å². The fraction of sp³-hybridized carbons (Fsp3) is 0.500. The number of amides is 2. The van der Waals surface area contributed by atoms with Crippen LogP contribution in [-0.2, 0) is 14.3 Å². The van der Waals surface area contributed by atoms with Crippen LogP contribution in [0.15, 0.2) is 12.1 Å². The number of nitrogens with zero attached hydrogens (tertiary/aromatic N) is 2. The first-order valence-electron chi connectivity index (χ1n) is 8.70. The zero-order chi connectivity index (χ0) is 20.5. The Hall–Kier alpha value is -2.46. The van der Waals surface area contributed by atoms with Crippen LogP contribution in [0.1, 0.15) is 20.8 Å². The van der Waals surface area contributed by atoms with Gasteiger partial charge < -0.3 is 19.5 Å². The molecule has 0 saturated carbocycles. The van der Waals surface area contributed by atoms with Crippen LogP contribution in [0.3, 0.4) is 0 Å². The molecule has 10 heteroatoms. The highest BCUT2D eigenvalue weighted by molar-refractivity contribution is 7.22. The number of carbonyl (C=O) groups is 2. The number of methoxy groups -OCH3 is 1. The first-order chi connectivity index (χ1) is 13.2. The second-order valence-electron chi connectivity index (χ2n) is 7.23. The van der Waals surface area contributed by atoms with Gasteiger partial charge in [0.15, 0.2) is 5.13 Å². The zero-order valence-corrected chi connectivity index (χ0v) is 16.9. The van der Waals surface area contributed by atoms with Gasteiger partial charge in [-0.05, 0) is 26.8 Å². The maximum Gasteiger partial charge on any atom is 0.411 e. The predicted octanol–water partition coefficient (Wildman–Crippen LogP) is 3.02. The van der Waals surface area contributed by atoms with E-state index in [-0.39, 0.29) is 24.0 Å². The first-order valence-corrected chi connectivity index (χ1v) is 9.52. The summed E-state index contributed by atoms with van der Waals surface area (Å²) in [5.41, 5.74) is -0.225. The van der Waals surface area contributed by atoms with E-state index in [1.54, 1.807) is 20.8 Å². The van der Waals surface area contributed by atoms with Gasteiger partial charge in [-0.1, -0.05) is 11.3 Å². The van der Waals surface area contributed by atoms with Gasteiger partial charge in [0.05, 0.1) is 25.0 Å². The molecule has 0 unspecified atom stereocenters. The lowest BCUT2D eigenvalue weighted by Gasteiger charge is -2.35. The number of hydrogen-bond acceptors (Lipinski definition) is 7. The van der Waals surface area contributed by atoms with Crippen LogP contribution in [-0.4, -0.2) is 60.4 Å². The van der Waals surface area contributed by atoms with E-state index in [4.69, 9.17) is 14.2 Å². The van der Waals surface area contributed by atoms with E-state index < -0.39 is 29.5 Å². The Labute approximate surface area is 165 Å². The van der Waals surface area contributed by atoms with Crippen LogP contribution in [0.4, 0.5) is 14.3 Å². The Kier molecular flexibility index (Phi) is 5.71. The molecule has 1 atom stereocenters. The number of halogens is 1. The molecule has 28 heavy (non-hydrogen) atoms. The fourth-order valence-corrected chi connectivity index (χ4v) is 3.64. The highest BCUT2D eigenvalue weighted by atomic mass is 32.1. The zero-order valence-electron chi connectivity index (χ0n) is 16.1. The van der Waals surface area contributed by atoms with Gasteiger partial charge in [0.25, 0.3) is 5.91 Å². The molecule has 2 amide bonds. The van der Waals surface area contributed by atoms with Crippen molar-refractivity contribution in [2.45, 2.75) is 32.4 Å². The minimum absolute atomic E-state index is 0.0495. The molecular formula is C18H22FN3O5S. The SMILES string of the molecule is COc1cc(F)cc2sc(NC(=O)[C@@H]3COCCN3C(=O)OC(C)(C)C)nc12. The van der Waals surface area contributed by atoms with Crippen molar-refractivity contribution in [1.82, 2.24) is 9.88 Å². The lowest BCUT2D eigenvalue weighted by atomic mass is 10.2. The molecule has 8 nitrogen and oxygen atoms in total. The topological polar surface area (TPSA) is 90.0 Å². The molecule has 152 valence electrons. The molecule has 1 aliphatic heterocycles. The predicted molar refractivity (Wildman–Crippen MR) is 102 cm³/mol. The van der Waals surface area contributed by atoms with Gasteiger partial charge >= 0.3 is 6.09 Å². The van der Waals surface area contributed by atoms with Crippen molar-refractivity contribution in [2.75, 3.05) is 32.2 Å². The number of aromatic nitrogens is 1. The fourth-order valence-electron chi connectivity index (χ4n) is 2.72. The van der Waals surface area contributed by atoms with E-state index >= 15 is 0 Å². The van der Waals surface area contributed by atoms with Crippen molar-refractivity contribution < 1.29 is 28.2 Å². The number of thiazole rings is 1. The molecule has 1 aliphatic rings. The number of anilines is 1. The first kappa shape index (κ1) is 20.3. The molecular weight excluding hydrogens is 389 g/mol.